The average molecular weight is 205 g/mol. The summed E-state index contributed by atoms with van der Waals surface area (Å²) in [6.45, 7) is 1.11. The fraction of sp³-hybridized carbons (Fsp3) is 0.167. The predicted molar refractivity (Wildman–Crippen MR) is 44.0 cm³/mol. The zero-order valence-electron chi connectivity index (χ0n) is 6.51. The molecule has 0 saturated carbocycles. The van der Waals surface area contributed by atoms with Gasteiger partial charge >= 0.3 is 11.7 Å². The number of esters is 1. The lowest BCUT2D eigenvalue weighted by Crippen LogP contribution is -2.24. The van der Waals surface area contributed by atoms with Crippen molar-refractivity contribution in [1.82, 2.24) is 9.97 Å². The van der Waals surface area contributed by atoms with E-state index in [1.165, 1.54) is 0 Å². The van der Waals surface area contributed by atoms with Crippen LogP contribution in [0.5, 0.6) is 5.75 Å². The van der Waals surface area contributed by atoms with Gasteiger partial charge in [0.2, 0.25) is 5.75 Å². The first kappa shape index (κ1) is 9.53. The first-order valence-corrected chi connectivity index (χ1v) is 3.59. The summed E-state index contributed by atoms with van der Waals surface area (Å²) in [5, 5.41) is -0.302. The summed E-state index contributed by atoms with van der Waals surface area (Å²) >= 11 is 5.43. The first-order valence-electron chi connectivity index (χ1n) is 3.21. The van der Waals surface area contributed by atoms with Gasteiger partial charge in [-0.05, 0) is 0 Å². The molecule has 1 aromatic heterocycles. The Bertz CT molecular complexity index is 447. The number of H-pyrrole nitrogens is 2. The van der Waals surface area contributed by atoms with Gasteiger partial charge in [-0.1, -0.05) is 11.6 Å². The lowest BCUT2D eigenvalue weighted by atomic mass is 10.6. The summed E-state index contributed by atoms with van der Waals surface area (Å²) in [7, 11) is 0. The molecule has 0 spiro atoms. The first-order chi connectivity index (χ1) is 6.00. The van der Waals surface area contributed by atoms with Crippen LogP contribution >= 0.6 is 11.6 Å². The molecule has 1 aromatic rings. The number of aromatic nitrogens is 2. The molecule has 0 fully saturated rings. The average Bonchev–Trinajstić information content (AvgIpc) is 1.96. The number of carbonyl (C=O) groups excluding carboxylic acids is 1. The van der Waals surface area contributed by atoms with Crippen LogP contribution in [0, 0.1) is 0 Å². The summed E-state index contributed by atoms with van der Waals surface area (Å²) < 4.78 is 4.45. The van der Waals surface area contributed by atoms with Crippen molar-refractivity contribution in [2.45, 2.75) is 6.92 Å². The molecule has 6 nitrogen and oxygen atoms in total. The van der Waals surface area contributed by atoms with E-state index < -0.39 is 23.0 Å². The molecular weight excluding hydrogens is 200 g/mol. The number of ether oxygens (including phenoxy) is 1. The fourth-order valence-corrected chi connectivity index (χ4v) is 0.892. The highest BCUT2D eigenvalue weighted by Crippen LogP contribution is 2.13. The van der Waals surface area contributed by atoms with E-state index in [0.29, 0.717) is 0 Å². The number of halogens is 1. The largest absolute Gasteiger partial charge is 0.418 e. The van der Waals surface area contributed by atoms with E-state index in [-0.39, 0.29) is 5.15 Å². The molecule has 70 valence electrons. The van der Waals surface area contributed by atoms with E-state index in [2.05, 4.69) is 9.72 Å². The van der Waals surface area contributed by atoms with Gasteiger partial charge < -0.3 is 4.74 Å². The molecule has 0 saturated heterocycles. The standard InChI is InChI=1S/C6H5ClN2O4/c1-2(10)13-3-4(7)8-6(12)9-5(3)11/h1H3,(H2,8,9,11,12). The van der Waals surface area contributed by atoms with Gasteiger partial charge in [0.1, 0.15) is 0 Å². The highest BCUT2D eigenvalue weighted by atomic mass is 35.5. The third-order valence-electron chi connectivity index (χ3n) is 1.10. The van der Waals surface area contributed by atoms with E-state index in [0.717, 1.165) is 6.92 Å². The molecule has 0 bridgehead atoms. The topological polar surface area (TPSA) is 92.0 Å². The molecule has 0 aliphatic heterocycles. The molecule has 2 N–H and O–H groups in total. The molecule has 0 aliphatic rings. The van der Waals surface area contributed by atoms with E-state index in [1.807, 2.05) is 4.98 Å². The molecule has 0 aliphatic carbocycles. The van der Waals surface area contributed by atoms with Crippen molar-refractivity contribution in [2.75, 3.05) is 0 Å². The minimum atomic E-state index is -0.844. The Morgan fingerprint density at radius 3 is 2.46 bits per heavy atom. The number of hydrogen-bond acceptors (Lipinski definition) is 4. The van der Waals surface area contributed by atoms with Crippen molar-refractivity contribution in [2.24, 2.45) is 0 Å². The van der Waals surface area contributed by atoms with E-state index in [9.17, 15) is 14.4 Å². The van der Waals surface area contributed by atoms with Crippen LogP contribution in [0.3, 0.4) is 0 Å². The Balaban J connectivity index is 3.29. The Labute approximate surface area is 76.5 Å². The van der Waals surface area contributed by atoms with Crippen LogP contribution < -0.4 is 16.0 Å². The number of hydrogen-bond donors (Lipinski definition) is 2. The van der Waals surface area contributed by atoms with Crippen molar-refractivity contribution in [1.29, 1.82) is 0 Å². The lowest BCUT2D eigenvalue weighted by Gasteiger charge is -1.99. The second kappa shape index (κ2) is 3.44. The molecule has 1 heterocycles. The van der Waals surface area contributed by atoms with Crippen molar-refractivity contribution in [3.8, 4) is 5.75 Å². The normalized spacial score (nSPS) is 9.69. The van der Waals surface area contributed by atoms with Crippen LogP contribution in [-0.4, -0.2) is 15.9 Å². The smallest absolute Gasteiger partial charge is 0.327 e. The quantitative estimate of drug-likeness (QED) is 0.483. The van der Waals surface area contributed by atoms with Gasteiger partial charge in [-0.3, -0.25) is 19.6 Å². The van der Waals surface area contributed by atoms with Gasteiger partial charge in [-0.15, -0.1) is 0 Å². The molecule has 0 unspecified atom stereocenters. The van der Waals surface area contributed by atoms with Crippen LogP contribution in [0.2, 0.25) is 5.15 Å². The van der Waals surface area contributed by atoms with Gasteiger partial charge in [-0.25, -0.2) is 4.79 Å². The minimum absolute atomic E-state index is 0.302. The molecular formula is C6H5ClN2O4. The summed E-state index contributed by atoms with van der Waals surface area (Å²) in [6.07, 6.45) is 0. The van der Waals surface area contributed by atoms with Crippen molar-refractivity contribution < 1.29 is 9.53 Å². The molecule has 0 aromatic carbocycles. The lowest BCUT2D eigenvalue weighted by molar-refractivity contribution is -0.132. The van der Waals surface area contributed by atoms with Crippen molar-refractivity contribution >= 4 is 17.6 Å². The maximum atomic E-state index is 11.0. The zero-order valence-corrected chi connectivity index (χ0v) is 7.27. The number of nitrogens with one attached hydrogen (secondary N) is 2. The fourth-order valence-electron chi connectivity index (χ4n) is 0.682. The molecule has 7 heteroatoms. The predicted octanol–water partition coefficient (Wildman–Crippen LogP) is -0.358. The number of carbonyl (C=O) groups is 1. The Morgan fingerprint density at radius 2 is 2.00 bits per heavy atom. The zero-order chi connectivity index (χ0) is 10.0. The summed E-state index contributed by atoms with van der Waals surface area (Å²) in [5.74, 6) is -1.10. The van der Waals surface area contributed by atoms with E-state index in [1.54, 1.807) is 0 Å². The summed E-state index contributed by atoms with van der Waals surface area (Å²) in [4.78, 5) is 36.0. The summed E-state index contributed by atoms with van der Waals surface area (Å²) in [5.41, 5.74) is -1.60. The Kier molecular flexibility index (Phi) is 2.52. The molecule has 0 atom stereocenters. The van der Waals surface area contributed by atoms with Gasteiger partial charge in [0.25, 0.3) is 5.56 Å². The van der Waals surface area contributed by atoms with Gasteiger partial charge in [0.05, 0.1) is 0 Å². The third-order valence-corrected chi connectivity index (χ3v) is 1.37. The van der Waals surface area contributed by atoms with Crippen LogP contribution in [0.4, 0.5) is 0 Å². The van der Waals surface area contributed by atoms with Crippen molar-refractivity contribution in [3.63, 3.8) is 0 Å². The molecule has 13 heavy (non-hydrogen) atoms. The van der Waals surface area contributed by atoms with Crippen LogP contribution in [0.15, 0.2) is 9.59 Å². The highest BCUT2D eigenvalue weighted by molar-refractivity contribution is 6.30. The summed E-state index contributed by atoms with van der Waals surface area (Å²) in [6, 6.07) is 0. The van der Waals surface area contributed by atoms with E-state index in [4.69, 9.17) is 11.6 Å². The Morgan fingerprint density at radius 1 is 1.38 bits per heavy atom. The Hall–Kier alpha value is -1.56. The minimum Gasteiger partial charge on any atom is -0.418 e. The van der Waals surface area contributed by atoms with Gasteiger partial charge in [-0.2, -0.15) is 0 Å². The number of rotatable bonds is 1. The van der Waals surface area contributed by atoms with Crippen LogP contribution in [-0.2, 0) is 4.79 Å². The molecule has 1 rings (SSSR count). The molecule has 0 radical (unpaired) electrons. The number of aromatic amines is 2. The van der Waals surface area contributed by atoms with Gasteiger partial charge in [0.15, 0.2) is 5.15 Å². The third kappa shape index (κ3) is 2.19. The SMILES string of the molecule is CC(=O)Oc1c(Cl)[nH]c(=O)[nH]c1=O. The van der Waals surface area contributed by atoms with Gasteiger partial charge in [0, 0.05) is 6.92 Å². The van der Waals surface area contributed by atoms with E-state index >= 15 is 0 Å². The monoisotopic (exact) mass is 204 g/mol. The second-order valence-corrected chi connectivity index (χ2v) is 2.52. The highest BCUT2D eigenvalue weighted by Gasteiger charge is 2.10. The van der Waals surface area contributed by atoms with Crippen LogP contribution in [0.1, 0.15) is 6.92 Å². The maximum Gasteiger partial charge on any atom is 0.327 e. The molecule has 0 amide bonds. The maximum absolute atomic E-state index is 11.0. The van der Waals surface area contributed by atoms with Crippen molar-refractivity contribution in [3.05, 3.63) is 26.0 Å². The second-order valence-electron chi connectivity index (χ2n) is 2.14. The van der Waals surface area contributed by atoms with Crippen LogP contribution in [0.25, 0.3) is 0 Å².